The van der Waals surface area contributed by atoms with Crippen molar-refractivity contribution in [2.24, 2.45) is 5.10 Å². The van der Waals surface area contributed by atoms with Crippen molar-refractivity contribution in [3.63, 3.8) is 0 Å². The Balaban J connectivity index is 1.92. The minimum absolute atomic E-state index is 0.336. The molecule has 2 aromatic rings. The predicted molar refractivity (Wildman–Crippen MR) is 96.6 cm³/mol. The molecule has 0 radical (unpaired) electrons. The molecule has 0 aromatic heterocycles. The van der Waals surface area contributed by atoms with Crippen molar-refractivity contribution in [2.75, 3.05) is 14.2 Å². The molecular weight excluding hydrogens is 320 g/mol. The van der Waals surface area contributed by atoms with Gasteiger partial charge in [-0.25, -0.2) is 5.43 Å². The van der Waals surface area contributed by atoms with E-state index in [2.05, 4.69) is 10.5 Å². The molecule has 0 aliphatic rings. The number of nitrogens with zero attached hydrogens (tertiary/aromatic N) is 1. The van der Waals surface area contributed by atoms with Crippen LogP contribution in [0.5, 0.6) is 17.2 Å². The molecule has 0 bridgehead atoms. The first-order valence-corrected chi connectivity index (χ1v) is 7.81. The number of methoxy groups -OCH3 is 2. The first kappa shape index (κ1) is 18.3. The molecule has 0 fully saturated rings. The third-order valence-corrected chi connectivity index (χ3v) is 3.50. The molecule has 25 heavy (non-hydrogen) atoms. The van der Waals surface area contributed by atoms with Crippen LogP contribution in [-0.4, -0.2) is 32.4 Å². The number of carbonyl (C=O) groups is 1. The van der Waals surface area contributed by atoms with Crippen LogP contribution in [0.25, 0.3) is 0 Å². The molecule has 6 nitrogen and oxygen atoms in total. The van der Waals surface area contributed by atoms with Crippen LogP contribution in [0, 0.1) is 6.92 Å². The Morgan fingerprint density at radius 1 is 1.08 bits per heavy atom. The van der Waals surface area contributed by atoms with Crippen LogP contribution >= 0.6 is 0 Å². The number of carbonyl (C=O) groups excluding carboxylic acids is 1. The number of aryl methyl sites for hydroxylation is 1. The molecule has 0 aliphatic carbocycles. The molecule has 2 aromatic carbocycles. The van der Waals surface area contributed by atoms with E-state index in [9.17, 15) is 4.79 Å². The highest BCUT2D eigenvalue weighted by Crippen LogP contribution is 2.26. The van der Waals surface area contributed by atoms with Crippen molar-refractivity contribution in [3.8, 4) is 17.2 Å². The summed E-state index contributed by atoms with van der Waals surface area (Å²) in [6.45, 7) is 3.66. The van der Waals surface area contributed by atoms with E-state index >= 15 is 0 Å². The lowest BCUT2D eigenvalue weighted by Gasteiger charge is -2.13. The summed E-state index contributed by atoms with van der Waals surface area (Å²) in [7, 11) is 3.13. The molecule has 132 valence electrons. The molecule has 0 aliphatic heterocycles. The van der Waals surface area contributed by atoms with E-state index in [4.69, 9.17) is 14.2 Å². The van der Waals surface area contributed by atoms with Crippen LogP contribution in [0.15, 0.2) is 47.6 Å². The molecule has 1 N–H and O–H groups in total. The lowest BCUT2D eigenvalue weighted by molar-refractivity contribution is -0.127. The number of amides is 1. The SMILES string of the molecule is COc1ccc(C=NNC(=O)C(C)Oc2ccc(C)cc2)cc1OC. The molecule has 0 heterocycles. The van der Waals surface area contributed by atoms with Crippen molar-refractivity contribution < 1.29 is 19.0 Å². The smallest absolute Gasteiger partial charge is 0.280 e. The summed E-state index contributed by atoms with van der Waals surface area (Å²) in [5, 5.41) is 3.95. The Bertz CT molecular complexity index is 742. The van der Waals surface area contributed by atoms with E-state index in [-0.39, 0.29) is 5.91 Å². The molecule has 1 amide bonds. The Morgan fingerprint density at radius 2 is 1.76 bits per heavy atom. The Morgan fingerprint density at radius 3 is 2.40 bits per heavy atom. The normalized spacial score (nSPS) is 11.8. The summed E-state index contributed by atoms with van der Waals surface area (Å²) in [6.07, 6.45) is 0.864. The number of benzene rings is 2. The summed E-state index contributed by atoms with van der Waals surface area (Å²) < 4.78 is 16.0. The second-order valence-corrected chi connectivity index (χ2v) is 5.42. The summed E-state index contributed by atoms with van der Waals surface area (Å²) in [4.78, 5) is 12.0. The van der Waals surface area contributed by atoms with E-state index in [0.717, 1.165) is 11.1 Å². The Hall–Kier alpha value is -3.02. The van der Waals surface area contributed by atoms with Crippen molar-refractivity contribution in [2.45, 2.75) is 20.0 Å². The second kappa shape index (κ2) is 8.73. The van der Waals surface area contributed by atoms with Gasteiger partial charge in [0.25, 0.3) is 5.91 Å². The largest absolute Gasteiger partial charge is 0.493 e. The molecule has 0 spiro atoms. The van der Waals surface area contributed by atoms with Gasteiger partial charge in [-0.3, -0.25) is 4.79 Å². The van der Waals surface area contributed by atoms with Crippen LogP contribution in [0.2, 0.25) is 0 Å². The summed E-state index contributed by atoms with van der Waals surface area (Å²) in [5.74, 6) is 1.52. The van der Waals surface area contributed by atoms with Crippen LogP contribution in [0.1, 0.15) is 18.1 Å². The minimum atomic E-state index is -0.662. The zero-order valence-electron chi connectivity index (χ0n) is 14.8. The van der Waals surface area contributed by atoms with Gasteiger partial charge in [-0.15, -0.1) is 0 Å². The average Bonchev–Trinajstić information content (AvgIpc) is 2.63. The lowest BCUT2D eigenvalue weighted by atomic mass is 10.2. The van der Waals surface area contributed by atoms with Gasteiger partial charge in [-0.1, -0.05) is 17.7 Å². The standard InChI is InChI=1S/C19H22N2O4/c1-13-5-8-16(9-6-13)25-14(2)19(22)21-20-12-15-7-10-17(23-3)18(11-15)24-4/h5-12,14H,1-4H3,(H,21,22). The third-order valence-electron chi connectivity index (χ3n) is 3.50. The number of hydrogen-bond acceptors (Lipinski definition) is 5. The van der Waals surface area contributed by atoms with Crippen LogP contribution in [0.4, 0.5) is 0 Å². The average molecular weight is 342 g/mol. The van der Waals surface area contributed by atoms with Gasteiger partial charge < -0.3 is 14.2 Å². The first-order valence-electron chi connectivity index (χ1n) is 7.81. The van der Waals surface area contributed by atoms with E-state index < -0.39 is 6.10 Å². The zero-order chi connectivity index (χ0) is 18.2. The Kier molecular flexibility index (Phi) is 6.39. The number of rotatable bonds is 7. The van der Waals surface area contributed by atoms with Gasteiger partial charge in [0.2, 0.25) is 0 Å². The van der Waals surface area contributed by atoms with Crippen molar-refractivity contribution in [1.82, 2.24) is 5.43 Å². The molecule has 1 unspecified atom stereocenters. The highest BCUT2D eigenvalue weighted by Gasteiger charge is 2.13. The maximum Gasteiger partial charge on any atom is 0.280 e. The van der Waals surface area contributed by atoms with Gasteiger partial charge in [0.1, 0.15) is 5.75 Å². The highest BCUT2D eigenvalue weighted by molar-refractivity contribution is 5.84. The zero-order valence-corrected chi connectivity index (χ0v) is 14.8. The predicted octanol–water partition coefficient (Wildman–Crippen LogP) is 2.93. The summed E-state index contributed by atoms with van der Waals surface area (Å²) in [5.41, 5.74) is 4.36. The van der Waals surface area contributed by atoms with Gasteiger partial charge >= 0.3 is 0 Å². The number of nitrogens with one attached hydrogen (secondary N) is 1. The van der Waals surface area contributed by atoms with Gasteiger partial charge in [0.15, 0.2) is 17.6 Å². The molecule has 2 rings (SSSR count). The third kappa shape index (κ3) is 5.24. The fourth-order valence-corrected chi connectivity index (χ4v) is 2.07. The van der Waals surface area contributed by atoms with Crippen molar-refractivity contribution in [3.05, 3.63) is 53.6 Å². The van der Waals surface area contributed by atoms with E-state index in [1.165, 1.54) is 6.21 Å². The van der Waals surface area contributed by atoms with Gasteiger partial charge in [0.05, 0.1) is 20.4 Å². The molecular formula is C19H22N2O4. The van der Waals surface area contributed by atoms with Crippen LogP contribution < -0.4 is 19.6 Å². The molecule has 6 heteroatoms. The minimum Gasteiger partial charge on any atom is -0.493 e. The molecule has 1 atom stereocenters. The molecule has 0 saturated heterocycles. The first-order chi connectivity index (χ1) is 12.0. The number of hydrazone groups is 1. The van der Waals surface area contributed by atoms with Gasteiger partial charge in [0, 0.05) is 0 Å². The topological polar surface area (TPSA) is 69.2 Å². The van der Waals surface area contributed by atoms with Crippen LogP contribution in [0.3, 0.4) is 0 Å². The maximum atomic E-state index is 12.0. The fraction of sp³-hybridized carbons (Fsp3) is 0.263. The number of hydrogen-bond donors (Lipinski definition) is 1. The quantitative estimate of drug-likeness (QED) is 0.620. The fourth-order valence-electron chi connectivity index (χ4n) is 2.07. The lowest BCUT2D eigenvalue weighted by Crippen LogP contribution is -2.33. The summed E-state index contributed by atoms with van der Waals surface area (Å²) >= 11 is 0. The number of ether oxygens (including phenoxy) is 3. The highest BCUT2D eigenvalue weighted by atomic mass is 16.5. The van der Waals surface area contributed by atoms with Gasteiger partial charge in [-0.05, 0) is 49.7 Å². The van der Waals surface area contributed by atoms with E-state index in [0.29, 0.717) is 17.2 Å². The molecule has 0 saturated carbocycles. The second-order valence-electron chi connectivity index (χ2n) is 5.42. The van der Waals surface area contributed by atoms with Crippen LogP contribution in [-0.2, 0) is 4.79 Å². The summed E-state index contributed by atoms with van der Waals surface area (Å²) in [6, 6.07) is 12.8. The maximum absolute atomic E-state index is 12.0. The Labute approximate surface area is 147 Å². The van der Waals surface area contributed by atoms with Gasteiger partial charge in [-0.2, -0.15) is 5.10 Å². The monoisotopic (exact) mass is 342 g/mol. The van der Waals surface area contributed by atoms with E-state index in [1.807, 2.05) is 37.3 Å². The van der Waals surface area contributed by atoms with Crippen molar-refractivity contribution >= 4 is 12.1 Å². The van der Waals surface area contributed by atoms with Crippen molar-refractivity contribution in [1.29, 1.82) is 0 Å². The van der Waals surface area contributed by atoms with E-state index in [1.54, 1.807) is 33.3 Å².